The Labute approximate surface area is 169 Å². The second-order valence-electron chi connectivity index (χ2n) is 6.14. The lowest BCUT2D eigenvalue weighted by Gasteiger charge is -2.15. The van der Waals surface area contributed by atoms with Gasteiger partial charge in [-0.2, -0.15) is 0 Å². The van der Waals surface area contributed by atoms with Crippen LogP contribution in [0, 0.1) is 0 Å². The van der Waals surface area contributed by atoms with Crippen LogP contribution < -0.4 is 14.8 Å². The number of carbonyl (C=O) groups is 2. The molecule has 148 valence electrons. The van der Waals surface area contributed by atoms with Gasteiger partial charge in [-0.1, -0.05) is 48.5 Å². The summed E-state index contributed by atoms with van der Waals surface area (Å²) in [6.45, 7) is 1.14. The molecule has 0 radical (unpaired) electrons. The molecule has 6 heteroatoms. The van der Waals surface area contributed by atoms with Crippen LogP contribution in [0.2, 0.25) is 0 Å². The quantitative estimate of drug-likeness (QED) is 0.575. The molecule has 0 spiro atoms. The van der Waals surface area contributed by atoms with Crippen LogP contribution in [0.5, 0.6) is 17.2 Å². The first-order chi connectivity index (χ1) is 14.1. The van der Waals surface area contributed by atoms with E-state index in [0.717, 1.165) is 0 Å². The van der Waals surface area contributed by atoms with Crippen LogP contribution in [0.15, 0.2) is 84.9 Å². The highest BCUT2D eigenvalue weighted by Crippen LogP contribution is 2.29. The minimum Gasteiger partial charge on any atom is -0.479 e. The van der Waals surface area contributed by atoms with Gasteiger partial charge in [-0.25, -0.2) is 4.79 Å². The second-order valence-corrected chi connectivity index (χ2v) is 6.14. The number of amides is 1. The molecule has 0 aliphatic heterocycles. The van der Waals surface area contributed by atoms with E-state index in [2.05, 4.69) is 5.32 Å². The summed E-state index contributed by atoms with van der Waals surface area (Å²) < 4.78 is 16.3. The van der Waals surface area contributed by atoms with Crippen LogP contribution in [0.3, 0.4) is 0 Å². The number of para-hydroxylation sites is 4. The Hall–Kier alpha value is -3.80. The Morgan fingerprint density at radius 1 is 0.828 bits per heavy atom. The van der Waals surface area contributed by atoms with E-state index in [4.69, 9.17) is 14.2 Å². The van der Waals surface area contributed by atoms with Crippen LogP contribution >= 0.6 is 0 Å². The van der Waals surface area contributed by atoms with Crippen LogP contribution in [0.25, 0.3) is 0 Å². The van der Waals surface area contributed by atoms with Crippen molar-refractivity contribution in [2.45, 2.75) is 13.0 Å². The molecule has 0 bridgehead atoms. The lowest BCUT2D eigenvalue weighted by Crippen LogP contribution is -2.29. The van der Waals surface area contributed by atoms with Crippen LogP contribution in [-0.4, -0.2) is 24.6 Å². The summed E-state index contributed by atoms with van der Waals surface area (Å²) in [5.41, 5.74) is 0.478. The fourth-order valence-corrected chi connectivity index (χ4v) is 2.47. The minimum atomic E-state index is -0.834. The average Bonchev–Trinajstić information content (AvgIpc) is 2.75. The van der Waals surface area contributed by atoms with Gasteiger partial charge in [0.2, 0.25) is 0 Å². The van der Waals surface area contributed by atoms with Gasteiger partial charge < -0.3 is 19.5 Å². The maximum atomic E-state index is 12.2. The van der Waals surface area contributed by atoms with Gasteiger partial charge in [0, 0.05) is 0 Å². The molecule has 29 heavy (non-hydrogen) atoms. The molecule has 0 unspecified atom stereocenters. The Kier molecular flexibility index (Phi) is 6.84. The van der Waals surface area contributed by atoms with E-state index in [1.807, 2.05) is 36.4 Å². The number of esters is 1. The number of anilines is 1. The molecule has 0 saturated carbocycles. The molecule has 1 N–H and O–H groups in total. The van der Waals surface area contributed by atoms with Crippen molar-refractivity contribution in [3.63, 3.8) is 0 Å². The van der Waals surface area contributed by atoms with E-state index in [0.29, 0.717) is 22.9 Å². The molecule has 0 aliphatic rings. The van der Waals surface area contributed by atoms with E-state index < -0.39 is 24.6 Å². The monoisotopic (exact) mass is 391 g/mol. The molecular formula is C23H21NO5. The zero-order valence-corrected chi connectivity index (χ0v) is 15.9. The van der Waals surface area contributed by atoms with E-state index in [9.17, 15) is 9.59 Å². The number of rotatable bonds is 8. The van der Waals surface area contributed by atoms with Crippen LogP contribution in [0.1, 0.15) is 6.92 Å². The van der Waals surface area contributed by atoms with Crippen molar-refractivity contribution in [3.8, 4) is 17.2 Å². The lowest BCUT2D eigenvalue weighted by atomic mass is 10.3. The van der Waals surface area contributed by atoms with Gasteiger partial charge in [0.05, 0.1) is 5.69 Å². The first-order valence-corrected chi connectivity index (χ1v) is 9.12. The van der Waals surface area contributed by atoms with Gasteiger partial charge in [0.25, 0.3) is 5.91 Å². The van der Waals surface area contributed by atoms with Crippen molar-refractivity contribution in [1.82, 2.24) is 0 Å². The second kappa shape index (κ2) is 9.94. The highest BCUT2D eigenvalue weighted by Gasteiger charge is 2.18. The number of hydrogen-bond donors (Lipinski definition) is 1. The zero-order valence-electron chi connectivity index (χ0n) is 15.9. The fourth-order valence-electron chi connectivity index (χ4n) is 2.47. The molecule has 0 aliphatic carbocycles. The number of nitrogens with one attached hydrogen (secondary N) is 1. The number of carbonyl (C=O) groups excluding carboxylic acids is 2. The van der Waals surface area contributed by atoms with Crippen molar-refractivity contribution < 1.29 is 23.8 Å². The standard InChI is InChI=1S/C23H21NO5/c1-17(28-18-10-4-2-5-11-18)23(26)27-16-22(25)24-20-14-8-9-15-21(20)29-19-12-6-3-7-13-19/h2-15,17H,16H2,1H3,(H,24,25)/t17-/m1/s1. The van der Waals surface area contributed by atoms with Gasteiger partial charge >= 0.3 is 5.97 Å². The molecule has 1 atom stereocenters. The Balaban J connectivity index is 1.52. The summed E-state index contributed by atoms with van der Waals surface area (Å²) in [4.78, 5) is 24.3. The predicted octanol–water partition coefficient (Wildman–Crippen LogP) is 4.43. The molecule has 3 rings (SSSR count). The molecular weight excluding hydrogens is 370 g/mol. The maximum absolute atomic E-state index is 12.2. The summed E-state index contributed by atoms with van der Waals surface area (Å²) >= 11 is 0. The topological polar surface area (TPSA) is 73.9 Å². The van der Waals surface area contributed by atoms with E-state index in [1.165, 1.54) is 0 Å². The lowest BCUT2D eigenvalue weighted by molar-refractivity contribution is -0.153. The van der Waals surface area contributed by atoms with Crippen molar-refractivity contribution >= 4 is 17.6 Å². The summed E-state index contributed by atoms with van der Waals surface area (Å²) in [6, 6.07) is 25.2. The Morgan fingerprint density at radius 2 is 1.41 bits per heavy atom. The third-order valence-electron chi connectivity index (χ3n) is 3.87. The Morgan fingerprint density at radius 3 is 2.10 bits per heavy atom. The smallest absolute Gasteiger partial charge is 0.347 e. The first-order valence-electron chi connectivity index (χ1n) is 9.12. The highest BCUT2D eigenvalue weighted by molar-refractivity contribution is 5.94. The SMILES string of the molecule is C[C@@H](Oc1ccccc1)C(=O)OCC(=O)Nc1ccccc1Oc1ccccc1. The fraction of sp³-hybridized carbons (Fsp3) is 0.130. The maximum Gasteiger partial charge on any atom is 0.347 e. The summed E-state index contributed by atoms with van der Waals surface area (Å²) in [7, 11) is 0. The van der Waals surface area contributed by atoms with Crippen LogP contribution in [0.4, 0.5) is 5.69 Å². The average molecular weight is 391 g/mol. The number of hydrogen-bond acceptors (Lipinski definition) is 5. The number of ether oxygens (including phenoxy) is 3. The summed E-state index contributed by atoms with van der Waals surface area (Å²) in [5.74, 6) is 0.576. The summed E-state index contributed by atoms with van der Waals surface area (Å²) in [5, 5.41) is 2.69. The minimum absolute atomic E-state index is 0.430. The van der Waals surface area contributed by atoms with Gasteiger partial charge in [0.15, 0.2) is 18.5 Å². The van der Waals surface area contributed by atoms with Gasteiger partial charge in [-0.3, -0.25) is 4.79 Å². The third-order valence-corrected chi connectivity index (χ3v) is 3.87. The highest BCUT2D eigenvalue weighted by atomic mass is 16.6. The van der Waals surface area contributed by atoms with E-state index >= 15 is 0 Å². The van der Waals surface area contributed by atoms with E-state index in [1.54, 1.807) is 55.5 Å². The molecule has 0 aromatic heterocycles. The number of benzene rings is 3. The largest absolute Gasteiger partial charge is 0.479 e. The zero-order chi connectivity index (χ0) is 20.5. The summed E-state index contributed by atoms with van der Waals surface area (Å²) in [6.07, 6.45) is -0.834. The van der Waals surface area contributed by atoms with Crippen molar-refractivity contribution in [2.75, 3.05) is 11.9 Å². The molecule has 0 heterocycles. The normalized spacial score (nSPS) is 11.2. The predicted molar refractivity (Wildman–Crippen MR) is 109 cm³/mol. The van der Waals surface area contributed by atoms with Gasteiger partial charge in [-0.15, -0.1) is 0 Å². The molecule has 0 fully saturated rings. The first kappa shape index (κ1) is 19.9. The van der Waals surface area contributed by atoms with Crippen LogP contribution in [-0.2, 0) is 14.3 Å². The van der Waals surface area contributed by atoms with Crippen molar-refractivity contribution in [3.05, 3.63) is 84.9 Å². The third kappa shape index (κ3) is 6.10. The Bertz CT molecular complexity index is 944. The van der Waals surface area contributed by atoms with Crippen molar-refractivity contribution in [1.29, 1.82) is 0 Å². The molecule has 6 nitrogen and oxygen atoms in total. The van der Waals surface area contributed by atoms with Gasteiger partial charge in [-0.05, 0) is 43.3 Å². The van der Waals surface area contributed by atoms with E-state index in [-0.39, 0.29) is 0 Å². The van der Waals surface area contributed by atoms with Gasteiger partial charge in [0.1, 0.15) is 11.5 Å². The molecule has 3 aromatic carbocycles. The molecule has 1 amide bonds. The molecule has 3 aromatic rings. The molecule has 0 saturated heterocycles. The van der Waals surface area contributed by atoms with Crippen molar-refractivity contribution in [2.24, 2.45) is 0 Å².